The fourth-order valence-corrected chi connectivity index (χ4v) is 3.24. The lowest BCUT2D eigenvalue weighted by Crippen LogP contribution is -2.53. The van der Waals surface area contributed by atoms with Crippen molar-refractivity contribution in [2.24, 2.45) is 0 Å². The van der Waals surface area contributed by atoms with Crippen LogP contribution in [-0.2, 0) is 9.59 Å². The van der Waals surface area contributed by atoms with E-state index in [9.17, 15) is 9.59 Å². The third-order valence-corrected chi connectivity index (χ3v) is 4.89. The Hall–Kier alpha value is -2.61. The number of nitrogens with zero attached hydrogens (tertiary/aromatic N) is 2. The maximum Gasteiger partial charge on any atom is 0.265 e. The SMILES string of the molecule is C=CCN1C(=O)/C(=C/c2cccn(-c3ccc(Cl)cc3)c2=S)C(=O)NC1=S. The Morgan fingerprint density at radius 3 is 2.52 bits per heavy atom. The lowest BCUT2D eigenvalue weighted by atomic mass is 10.1. The Balaban J connectivity index is 2.05. The summed E-state index contributed by atoms with van der Waals surface area (Å²) >= 11 is 16.5. The highest BCUT2D eigenvalue weighted by atomic mass is 35.5. The van der Waals surface area contributed by atoms with E-state index >= 15 is 0 Å². The highest BCUT2D eigenvalue weighted by molar-refractivity contribution is 7.80. The van der Waals surface area contributed by atoms with Crippen molar-refractivity contribution in [2.75, 3.05) is 6.54 Å². The van der Waals surface area contributed by atoms with Gasteiger partial charge in [-0.25, -0.2) is 0 Å². The molecule has 1 aliphatic heterocycles. The van der Waals surface area contributed by atoms with Crippen LogP contribution in [0, 0.1) is 4.64 Å². The van der Waals surface area contributed by atoms with Crippen molar-refractivity contribution in [3.8, 4) is 5.69 Å². The summed E-state index contributed by atoms with van der Waals surface area (Å²) in [6.45, 7) is 3.81. The van der Waals surface area contributed by atoms with Gasteiger partial charge in [0.15, 0.2) is 5.11 Å². The third-order valence-electron chi connectivity index (χ3n) is 3.88. The van der Waals surface area contributed by atoms with Gasteiger partial charge in [0, 0.05) is 29.0 Å². The van der Waals surface area contributed by atoms with Crippen molar-refractivity contribution in [3.05, 3.63) is 76.0 Å². The summed E-state index contributed by atoms with van der Waals surface area (Å²) in [5.41, 5.74) is 1.34. The minimum Gasteiger partial charge on any atom is -0.308 e. The molecule has 1 aromatic carbocycles. The zero-order chi connectivity index (χ0) is 19.6. The van der Waals surface area contributed by atoms with Gasteiger partial charge in [0.05, 0.1) is 0 Å². The quantitative estimate of drug-likeness (QED) is 0.358. The zero-order valence-electron chi connectivity index (χ0n) is 14.0. The number of aromatic nitrogens is 1. The van der Waals surface area contributed by atoms with Crippen LogP contribution in [0.15, 0.2) is 60.8 Å². The monoisotopic (exact) mass is 415 g/mol. The van der Waals surface area contributed by atoms with Gasteiger partial charge in [-0.05, 0) is 48.6 Å². The molecule has 1 fully saturated rings. The molecule has 2 aromatic rings. The van der Waals surface area contributed by atoms with Crippen LogP contribution >= 0.6 is 36.0 Å². The van der Waals surface area contributed by atoms with E-state index < -0.39 is 11.8 Å². The van der Waals surface area contributed by atoms with Gasteiger partial charge < -0.3 is 4.57 Å². The first-order valence-electron chi connectivity index (χ1n) is 7.89. The highest BCUT2D eigenvalue weighted by Gasteiger charge is 2.32. The molecular weight excluding hydrogens is 402 g/mol. The molecule has 27 heavy (non-hydrogen) atoms. The largest absolute Gasteiger partial charge is 0.308 e. The normalized spacial score (nSPS) is 15.8. The van der Waals surface area contributed by atoms with E-state index in [1.165, 1.54) is 17.1 Å². The molecule has 136 valence electrons. The Labute approximate surface area is 171 Å². The number of hydrogen-bond acceptors (Lipinski definition) is 4. The molecule has 5 nitrogen and oxygen atoms in total. The van der Waals surface area contributed by atoms with Crippen molar-refractivity contribution >= 4 is 59.0 Å². The van der Waals surface area contributed by atoms with E-state index in [2.05, 4.69) is 11.9 Å². The van der Waals surface area contributed by atoms with Crippen molar-refractivity contribution in [1.29, 1.82) is 0 Å². The molecule has 0 radical (unpaired) electrons. The van der Waals surface area contributed by atoms with Crippen LogP contribution in [0.1, 0.15) is 5.56 Å². The van der Waals surface area contributed by atoms with E-state index in [-0.39, 0.29) is 17.2 Å². The second kappa shape index (κ2) is 7.96. The number of rotatable bonds is 4. The maximum absolute atomic E-state index is 12.7. The number of carbonyl (C=O) groups excluding carboxylic acids is 2. The molecule has 0 saturated carbocycles. The van der Waals surface area contributed by atoms with E-state index in [1.807, 2.05) is 12.1 Å². The number of pyridine rings is 1. The Morgan fingerprint density at radius 2 is 1.85 bits per heavy atom. The highest BCUT2D eigenvalue weighted by Crippen LogP contribution is 2.19. The minimum absolute atomic E-state index is 0.0367. The van der Waals surface area contributed by atoms with Gasteiger partial charge >= 0.3 is 0 Å². The summed E-state index contributed by atoms with van der Waals surface area (Å²) < 4.78 is 2.23. The summed E-state index contributed by atoms with van der Waals surface area (Å²) in [4.78, 5) is 26.2. The first kappa shape index (κ1) is 19.2. The maximum atomic E-state index is 12.7. The molecule has 2 heterocycles. The molecular formula is C19H14ClN3O2S2. The minimum atomic E-state index is -0.554. The van der Waals surface area contributed by atoms with E-state index in [0.717, 1.165) is 5.69 Å². The Morgan fingerprint density at radius 1 is 1.15 bits per heavy atom. The van der Waals surface area contributed by atoms with Crippen molar-refractivity contribution in [3.63, 3.8) is 0 Å². The molecule has 0 atom stereocenters. The van der Waals surface area contributed by atoms with Crippen LogP contribution in [-0.4, -0.2) is 32.9 Å². The average molecular weight is 416 g/mol. The molecule has 1 saturated heterocycles. The molecule has 8 heteroatoms. The number of amides is 2. The molecule has 0 unspecified atom stereocenters. The van der Waals surface area contributed by atoms with E-state index in [0.29, 0.717) is 15.2 Å². The summed E-state index contributed by atoms with van der Waals surface area (Å²) in [6.07, 6.45) is 4.81. The molecule has 0 bridgehead atoms. The molecule has 1 aliphatic rings. The predicted octanol–water partition coefficient (Wildman–Crippen LogP) is 3.67. The van der Waals surface area contributed by atoms with Gasteiger partial charge in [-0.3, -0.25) is 19.8 Å². The van der Waals surface area contributed by atoms with Crippen LogP contribution in [0.3, 0.4) is 0 Å². The number of thiocarbonyl (C=S) groups is 1. The fourth-order valence-electron chi connectivity index (χ4n) is 2.57. The fraction of sp³-hybridized carbons (Fsp3) is 0.0526. The van der Waals surface area contributed by atoms with Crippen LogP contribution in [0.2, 0.25) is 5.02 Å². The lowest BCUT2D eigenvalue weighted by molar-refractivity contribution is -0.128. The van der Waals surface area contributed by atoms with Gasteiger partial charge in [0.25, 0.3) is 11.8 Å². The predicted molar refractivity (Wildman–Crippen MR) is 112 cm³/mol. The number of benzene rings is 1. The van der Waals surface area contributed by atoms with Crippen molar-refractivity contribution in [1.82, 2.24) is 14.8 Å². The average Bonchev–Trinajstić information content (AvgIpc) is 2.64. The van der Waals surface area contributed by atoms with E-state index in [4.69, 9.17) is 36.0 Å². The molecule has 0 spiro atoms. The Bertz CT molecular complexity index is 1040. The number of halogens is 1. The van der Waals surface area contributed by atoms with Gasteiger partial charge in [0.1, 0.15) is 10.2 Å². The van der Waals surface area contributed by atoms with Gasteiger partial charge in [-0.2, -0.15) is 0 Å². The van der Waals surface area contributed by atoms with E-state index in [1.54, 1.807) is 35.0 Å². The second-order valence-corrected chi connectivity index (χ2v) is 6.85. The van der Waals surface area contributed by atoms with Crippen molar-refractivity contribution in [2.45, 2.75) is 0 Å². The van der Waals surface area contributed by atoms with Gasteiger partial charge in [-0.1, -0.05) is 36.0 Å². The topological polar surface area (TPSA) is 54.3 Å². The smallest absolute Gasteiger partial charge is 0.265 e. The molecule has 1 aromatic heterocycles. The zero-order valence-corrected chi connectivity index (χ0v) is 16.4. The van der Waals surface area contributed by atoms with Gasteiger partial charge in [-0.15, -0.1) is 6.58 Å². The lowest BCUT2D eigenvalue weighted by Gasteiger charge is -2.27. The Kier molecular flexibility index (Phi) is 5.65. The molecule has 3 rings (SSSR count). The third kappa shape index (κ3) is 3.90. The van der Waals surface area contributed by atoms with Crippen LogP contribution in [0.4, 0.5) is 0 Å². The van der Waals surface area contributed by atoms with Crippen LogP contribution < -0.4 is 5.32 Å². The second-order valence-electron chi connectivity index (χ2n) is 5.64. The summed E-state index contributed by atoms with van der Waals surface area (Å²) in [7, 11) is 0. The first-order valence-corrected chi connectivity index (χ1v) is 9.09. The standard InChI is InChI=1S/C19H14ClN3O2S2/c1-2-9-23-17(25)15(16(24)21-19(23)27)11-12-4-3-10-22(18(12)26)14-7-5-13(20)6-8-14/h2-8,10-11H,1,9H2,(H,21,24,27)/b15-11+. The molecule has 0 aliphatic carbocycles. The van der Waals surface area contributed by atoms with Crippen LogP contribution in [0.5, 0.6) is 0 Å². The number of hydrogen-bond donors (Lipinski definition) is 1. The summed E-state index contributed by atoms with van der Waals surface area (Å²) in [5, 5.41) is 3.19. The molecule has 2 amide bonds. The summed E-state index contributed by atoms with van der Waals surface area (Å²) in [5.74, 6) is -1.04. The van der Waals surface area contributed by atoms with Gasteiger partial charge in [0.2, 0.25) is 0 Å². The van der Waals surface area contributed by atoms with Crippen LogP contribution in [0.25, 0.3) is 11.8 Å². The van der Waals surface area contributed by atoms with Crippen molar-refractivity contribution < 1.29 is 9.59 Å². The number of nitrogens with one attached hydrogen (secondary N) is 1. The number of carbonyl (C=O) groups is 2. The molecule has 1 N–H and O–H groups in total. The summed E-state index contributed by atoms with van der Waals surface area (Å²) in [6, 6.07) is 10.7. The first-order chi connectivity index (χ1) is 12.9.